The van der Waals surface area contributed by atoms with Gasteiger partial charge in [0.25, 0.3) is 0 Å². The van der Waals surface area contributed by atoms with Crippen molar-refractivity contribution < 1.29 is 40.6 Å². The number of aromatic nitrogens is 6. The maximum Gasteiger partial charge on any atom is 0.573 e. The predicted octanol–water partition coefficient (Wildman–Crippen LogP) is 4.85. The van der Waals surface area contributed by atoms with E-state index in [1.807, 2.05) is 0 Å². The first-order valence-electron chi connectivity index (χ1n) is 11.3. The summed E-state index contributed by atoms with van der Waals surface area (Å²) in [5.41, 5.74) is -1.23. The number of hydrogen-bond acceptors (Lipinski definition) is 6. The van der Waals surface area contributed by atoms with E-state index >= 15 is 0 Å². The molecule has 0 aliphatic carbocycles. The van der Waals surface area contributed by atoms with Crippen LogP contribution in [-0.2, 0) is 13.1 Å². The number of aliphatic hydroxyl groups excluding tert-OH is 1. The average Bonchev–Trinajstić information content (AvgIpc) is 3.40. The van der Waals surface area contributed by atoms with Gasteiger partial charge in [-0.1, -0.05) is 23.7 Å². The Morgan fingerprint density at radius 1 is 1.02 bits per heavy atom. The molecule has 1 N–H and O–H groups in total. The second-order valence-electron chi connectivity index (χ2n) is 8.37. The van der Waals surface area contributed by atoms with Gasteiger partial charge in [-0.25, -0.2) is 23.5 Å². The molecule has 4 rings (SSSR count). The van der Waals surface area contributed by atoms with Crippen molar-refractivity contribution in [2.24, 2.45) is 0 Å². The SMILES string of the molecule is CC(F)c1nc(Cn2nc(-c3ccc(Cl)cc3)n(CC(O)C(F)(F)F)c2=O)nn1-c1ccccc1OC(F)(F)F. The van der Waals surface area contributed by atoms with Gasteiger partial charge in [-0.05, 0) is 43.3 Å². The highest BCUT2D eigenvalue weighted by atomic mass is 35.5. The summed E-state index contributed by atoms with van der Waals surface area (Å²) in [6.45, 7) is -0.754. The van der Waals surface area contributed by atoms with Crippen molar-refractivity contribution in [1.82, 2.24) is 29.1 Å². The van der Waals surface area contributed by atoms with Gasteiger partial charge in [0.15, 0.2) is 35.5 Å². The lowest BCUT2D eigenvalue weighted by Gasteiger charge is -2.15. The fourth-order valence-corrected chi connectivity index (χ4v) is 3.77. The van der Waals surface area contributed by atoms with Crippen molar-refractivity contribution in [3.8, 4) is 22.8 Å². The fraction of sp³-hybridized carbons (Fsp3) is 0.304. The number of benzene rings is 2. The maximum absolute atomic E-state index is 14.4. The Hall–Kier alpha value is -3.92. The number of alkyl halides is 7. The first kappa shape index (κ1) is 29.1. The second-order valence-corrected chi connectivity index (χ2v) is 8.80. The van der Waals surface area contributed by atoms with Gasteiger partial charge >= 0.3 is 18.2 Å². The van der Waals surface area contributed by atoms with E-state index in [0.29, 0.717) is 14.3 Å². The molecule has 9 nitrogen and oxygen atoms in total. The summed E-state index contributed by atoms with van der Waals surface area (Å²) in [4.78, 5) is 17.0. The van der Waals surface area contributed by atoms with Crippen LogP contribution >= 0.6 is 11.6 Å². The molecule has 0 saturated carbocycles. The zero-order valence-electron chi connectivity index (χ0n) is 20.2. The maximum atomic E-state index is 14.4. The summed E-state index contributed by atoms with van der Waals surface area (Å²) in [6, 6.07) is 10.3. The van der Waals surface area contributed by atoms with Gasteiger partial charge in [0, 0.05) is 10.6 Å². The molecular weight excluding hydrogens is 577 g/mol. The van der Waals surface area contributed by atoms with Crippen LogP contribution < -0.4 is 10.4 Å². The van der Waals surface area contributed by atoms with E-state index in [-0.39, 0.29) is 22.9 Å². The van der Waals surface area contributed by atoms with Gasteiger partial charge in [-0.2, -0.15) is 13.2 Å². The van der Waals surface area contributed by atoms with Gasteiger partial charge in [-0.3, -0.25) is 4.57 Å². The quantitative estimate of drug-likeness (QED) is 0.293. The predicted molar refractivity (Wildman–Crippen MR) is 126 cm³/mol. The van der Waals surface area contributed by atoms with Gasteiger partial charge in [0.1, 0.15) is 12.2 Å². The van der Waals surface area contributed by atoms with Crippen LogP contribution in [0.25, 0.3) is 17.1 Å². The van der Waals surface area contributed by atoms with Crippen LogP contribution in [0.5, 0.6) is 5.75 Å². The van der Waals surface area contributed by atoms with E-state index in [9.17, 15) is 40.6 Å². The normalized spacial score (nSPS) is 13.8. The zero-order valence-corrected chi connectivity index (χ0v) is 20.9. The number of aliphatic hydroxyl groups is 1. The van der Waals surface area contributed by atoms with Crippen LogP contribution in [0.1, 0.15) is 24.7 Å². The van der Waals surface area contributed by atoms with Crippen molar-refractivity contribution >= 4 is 11.6 Å². The van der Waals surface area contributed by atoms with Gasteiger partial charge < -0.3 is 9.84 Å². The summed E-state index contributed by atoms with van der Waals surface area (Å²) >= 11 is 5.86. The highest BCUT2D eigenvalue weighted by Crippen LogP contribution is 2.31. The van der Waals surface area contributed by atoms with Crippen molar-refractivity contribution in [3.05, 3.63) is 75.7 Å². The lowest BCUT2D eigenvalue weighted by Crippen LogP contribution is -2.37. The molecule has 17 heteroatoms. The molecule has 2 atom stereocenters. The Kier molecular flexibility index (Phi) is 7.94. The van der Waals surface area contributed by atoms with E-state index in [4.69, 9.17) is 11.6 Å². The lowest BCUT2D eigenvalue weighted by atomic mass is 10.2. The summed E-state index contributed by atoms with van der Waals surface area (Å²) < 4.78 is 98.4. The molecule has 0 saturated heterocycles. The zero-order chi connectivity index (χ0) is 29.4. The van der Waals surface area contributed by atoms with Crippen LogP contribution in [0, 0.1) is 0 Å². The van der Waals surface area contributed by atoms with E-state index in [1.54, 1.807) is 0 Å². The third kappa shape index (κ3) is 6.44. The first-order valence-corrected chi connectivity index (χ1v) is 11.6. The molecule has 2 unspecified atom stereocenters. The molecule has 0 amide bonds. The third-order valence-corrected chi connectivity index (χ3v) is 5.65. The monoisotopic (exact) mass is 594 g/mol. The number of ether oxygens (including phenoxy) is 1. The van der Waals surface area contributed by atoms with Crippen LogP contribution in [0.4, 0.5) is 30.7 Å². The smallest absolute Gasteiger partial charge is 0.403 e. The largest absolute Gasteiger partial charge is 0.573 e. The molecule has 0 bridgehead atoms. The Labute approximate surface area is 225 Å². The highest BCUT2D eigenvalue weighted by molar-refractivity contribution is 6.30. The standard InChI is InChI=1S/C23H18ClF7N6O3/c1-12(25)19-32-18(33-37(19)15-4-2-3-5-16(15)40-23(29,30)31)11-36-21(39)35(10-17(38)22(26,27)28)20(34-36)13-6-8-14(24)9-7-13/h2-9,12,17,38H,10-11H2,1H3. The Morgan fingerprint density at radius 3 is 2.27 bits per heavy atom. The number of halogens is 8. The Bertz CT molecular complexity index is 1540. The van der Waals surface area contributed by atoms with E-state index in [1.165, 1.54) is 42.5 Å². The lowest BCUT2D eigenvalue weighted by molar-refractivity contribution is -0.274. The molecule has 2 aromatic carbocycles. The second kappa shape index (κ2) is 10.9. The topological polar surface area (TPSA) is 100.0 Å². The molecular formula is C23H18ClF7N6O3. The molecule has 214 valence electrons. The Morgan fingerprint density at radius 2 is 1.68 bits per heavy atom. The summed E-state index contributed by atoms with van der Waals surface area (Å²) in [7, 11) is 0. The molecule has 0 aliphatic rings. The minimum absolute atomic E-state index is 0.185. The molecule has 0 spiro atoms. The van der Waals surface area contributed by atoms with E-state index in [2.05, 4.69) is 19.9 Å². The van der Waals surface area contributed by atoms with Crippen LogP contribution in [0.3, 0.4) is 0 Å². The molecule has 0 aliphatic heterocycles. The van der Waals surface area contributed by atoms with Crippen molar-refractivity contribution in [1.29, 1.82) is 0 Å². The summed E-state index contributed by atoms with van der Waals surface area (Å²) in [6.07, 6.45) is -14.9. The van der Waals surface area contributed by atoms with Crippen LogP contribution in [-0.4, -0.2) is 52.9 Å². The molecule has 40 heavy (non-hydrogen) atoms. The van der Waals surface area contributed by atoms with Crippen LogP contribution in [0.2, 0.25) is 5.02 Å². The van der Waals surface area contributed by atoms with Gasteiger partial charge in [0.2, 0.25) is 0 Å². The van der Waals surface area contributed by atoms with Gasteiger partial charge in [0.05, 0.1) is 6.54 Å². The number of para-hydroxylation sites is 2. The summed E-state index contributed by atoms with van der Waals surface area (Å²) in [5, 5.41) is 18.0. The highest BCUT2D eigenvalue weighted by Gasteiger charge is 2.39. The minimum Gasteiger partial charge on any atom is -0.403 e. The molecule has 2 aromatic heterocycles. The van der Waals surface area contributed by atoms with Gasteiger partial charge in [-0.15, -0.1) is 23.4 Å². The summed E-state index contributed by atoms with van der Waals surface area (Å²) in [5.74, 6) is -1.70. The number of nitrogens with zero attached hydrogens (tertiary/aromatic N) is 6. The van der Waals surface area contributed by atoms with E-state index in [0.717, 1.165) is 17.7 Å². The fourth-order valence-electron chi connectivity index (χ4n) is 3.64. The number of hydrogen-bond donors (Lipinski definition) is 1. The van der Waals surface area contributed by atoms with E-state index < -0.39 is 55.2 Å². The molecule has 0 fully saturated rings. The molecule has 2 heterocycles. The average molecular weight is 595 g/mol. The van der Waals surface area contributed by atoms with Crippen molar-refractivity contribution in [2.75, 3.05) is 0 Å². The third-order valence-electron chi connectivity index (χ3n) is 5.40. The minimum atomic E-state index is -5.07. The number of rotatable bonds is 8. The van der Waals surface area contributed by atoms with Crippen LogP contribution in [0.15, 0.2) is 53.3 Å². The first-order chi connectivity index (χ1) is 18.6. The molecule has 4 aromatic rings. The van der Waals surface area contributed by atoms with Crippen molar-refractivity contribution in [2.45, 2.75) is 44.8 Å². The van der Waals surface area contributed by atoms with Crippen molar-refractivity contribution in [3.63, 3.8) is 0 Å². The molecule has 0 radical (unpaired) electrons. The Balaban J connectivity index is 1.78.